The summed E-state index contributed by atoms with van der Waals surface area (Å²) in [5.41, 5.74) is -0.190. The highest BCUT2D eigenvalue weighted by atomic mass is 19.2. The van der Waals surface area contributed by atoms with Crippen LogP contribution in [0.25, 0.3) is 0 Å². The lowest BCUT2D eigenvalue weighted by Gasteiger charge is -2.15. The number of halogens is 2. The van der Waals surface area contributed by atoms with E-state index in [9.17, 15) is 8.78 Å². The van der Waals surface area contributed by atoms with Gasteiger partial charge >= 0.3 is 0 Å². The smallest absolute Gasteiger partial charge is 0.183 e. The number of anilines is 1. The minimum Gasteiger partial charge on any atom is -0.381 e. The topological polar surface area (TPSA) is 39.1 Å². The zero-order chi connectivity index (χ0) is 12.8. The maximum Gasteiger partial charge on any atom is 0.183 e. The van der Waals surface area contributed by atoms with Crippen molar-refractivity contribution in [2.24, 2.45) is 0 Å². The van der Waals surface area contributed by atoms with Gasteiger partial charge in [0.2, 0.25) is 0 Å². The molecule has 1 aromatic carbocycles. The van der Waals surface area contributed by atoms with Crippen molar-refractivity contribution in [1.29, 1.82) is 5.26 Å². The molecule has 5 heteroatoms. The Balaban J connectivity index is 2.67. The van der Waals surface area contributed by atoms with Crippen molar-refractivity contribution in [3.05, 3.63) is 29.3 Å². The van der Waals surface area contributed by atoms with E-state index in [0.717, 1.165) is 13.1 Å². The summed E-state index contributed by atoms with van der Waals surface area (Å²) in [4.78, 5) is 2.05. The van der Waals surface area contributed by atoms with Gasteiger partial charge in [-0.15, -0.1) is 0 Å². The lowest BCUT2D eigenvalue weighted by molar-refractivity contribution is 0.366. The van der Waals surface area contributed by atoms with Crippen molar-refractivity contribution >= 4 is 5.69 Å². The average molecular weight is 239 g/mol. The largest absolute Gasteiger partial charge is 0.381 e. The van der Waals surface area contributed by atoms with Crippen molar-refractivity contribution < 1.29 is 8.78 Å². The molecule has 3 nitrogen and oxygen atoms in total. The second-order valence-corrected chi connectivity index (χ2v) is 3.72. The van der Waals surface area contributed by atoms with Gasteiger partial charge < -0.3 is 10.2 Å². The first kappa shape index (κ1) is 13.4. The van der Waals surface area contributed by atoms with Gasteiger partial charge in [-0.2, -0.15) is 5.26 Å². The third kappa shape index (κ3) is 3.40. The average Bonchev–Trinajstić information content (AvgIpc) is 2.34. The Bertz CT molecular complexity index is 426. The third-order valence-corrected chi connectivity index (χ3v) is 2.55. The van der Waals surface area contributed by atoms with E-state index >= 15 is 0 Å². The molecule has 0 saturated carbocycles. The van der Waals surface area contributed by atoms with Gasteiger partial charge in [-0.25, -0.2) is 8.78 Å². The molecule has 0 heterocycles. The molecule has 1 aromatic rings. The maximum atomic E-state index is 13.5. The molecule has 0 unspecified atom stereocenters. The second kappa shape index (κ2) is 6.16. The number of hydrogen-bond donors (Lipinski definition) is 1. The minimum absolute atomic E-state index is 0.0889. The van der Waals surface area contributed by atoms with Crippen LogP contribution in [0.2, 0.25) is 0 Å². The highest BCUT2D eigenvalue weighted by Gasteiger charge is 2.12. The van der Waals surface area contributed by atoms with E-state index < -0.39 is 11.6 Å². The van der Waals surface area contributed by atoms with Crippen molar-refractivity contribution in [2.75, 3.05) is 32.0 Å². The van der Waals surface area contributed by atoms with Crippen LogP contribution in [-0.2, 0) is 0 Å². The standard InChI is InChI=1S/C12H15F2N3/c1-3-17(2)7-6-16-10-5-4-9(8-15)11(13)12(10)14/h4-5,16H,3,6-7H2,1-2H3. The molecule has 1 rings (SSSR count). The van der Waals surface area contributed by atoms with Crippen LogP contribution in [0.3, 0.4) is 0 Å². The van der Waals surface area contributed by atoms with Crippen molar-refractivity contribution in [1.82, 2.24) is 4.90 Å². The molecule has 1 N–H and O–H groups in total. The molecule has 0 bridgehead atoms. The predicted molar refractivity (Wildman–Crippen MR) is 62.7 cm³/mol. The Morgan fingerprint density at radius 2 is 2.06 bits per heavy atom. The lowest BCUT2D eigenvalue weighted by atomic mass is 10.2. The van der Waals surface area contributed by atoms with E-state index in [0.29, 0.717) is 6.54 Å². The van der Waals surface area contributed by atoms with E-state index in [-0.39, 0.29) is 11.3 Å². The van der Waals surface area contributed by atoms with Crippen molar-refractivity contribution in [3.63, 3.8) is 0 Å². The molecule has 0 spiro atoms. The fourth-order valence-corrected chi connectivity index (χ4v) is 1.31. The van der Waals surface area contributed by atoms with Crippen molar-refractivity contribution in [3.8, 4) is 6.07 Å². The number of likely N-dealkylation sites (N-methyl/N-ethyl adjacent to an activating group) is 1. The molecule has 0 saturated heterocycles. The van der Waals surface area contributed by atoms with Crippen LogP contribution in [0.5, 0.6) is 0 Å². The predicted octanol–water partition coefficient (Wildman–Crippen LogP) is 2.20. The fourth-order valence-electron chi connectivity index (χ4n) is 1.31. The summed E-state index contributed by atoms with van der Waals surface area (Å²) in [6.07, 6.45) is 0. The summed E-state index contributed by atoms with van der Waals surface area (Å²) in [7, 11) is 1.94. The maximum absolute atomic E-state index is 13.5. The summed E-state index contributed by atoms with van der Waals surface area (Å²) in [6.45, 7) is 4.16. The van der Waals surface area contributed by atoms with E-state index in [1.807, 2.05) is 18.9 Å². The summed E-state index contributed by atoms with van der Waals surface area (Å²) in [5.74, 6) is -2.09. The SMILES string of the molecule is CCN(C)CCNc1ccc(C#N)c(F)c1F. The zero-order valence-electron chi connectivity index (χ0n) is 9.93. The molecule has 92 valence electrons. The summed E-state index contributed by atoms with van der Waals surface area (Å²) >= 11 is 0. The third-order valence-electron chi connectivity index (χ3n) is 2.55. The molecule has 0 radical (unpaired) electrons. The van der Waals surface area contributed by atoms with Gasteiger partial charge in [0, 0.05) is 13.1 Å². The van der Waals surface area contributed by atoms with Gasteiger partial charge in [0.25, 0.3) is 0 Å². The molecular formula is C12H15F2N3. The summed E-state index contributed by atoms with van der Waals surface area (Å²) in [5, 5.41) is 11.3. The van der Waals surface area contributed by atoms with Gasteiger partial charge in [0.1, 0.15) is 6.07 Å². The van der Waals surface area contributed by atoms with Crippen LogP contribution in [0.15, 0.2) is 12.1 Å². The highest BCUT2D eigenvalue weighted by Crippen LogP contribution is 2.19. The Kier molecular flexibility index (Phi) is 4.85. The van der Waals surface area contributed by atoms with Gasteiger partial charge in [-0.05, 0) is 25.7 Å². The fraction of sp³-hybridized carbons (Fsp3) is 0.417. The van der Waals surface area contributed by atoms with Crippen LogP contribution in [0.1, 0.15) is 12.5 Å². The van der Waals surface area contributed by atoms with Crippen molar-refractivity contribution in [2.45, 2.75) is 6.92 Å². The molecule has 0 amide bonds. The summed E-state index contributed by atoms with van der Waals surface area (Å²) < 4.78 is 26.7. The molecule has 0 aromatic heterocycles. The van der Waals surface area contributed by atoms with Crippen LogP contribution >= 0.6 is 0 Å². The second-order valence-electron chi connectivity index (χ2n) is 3.72. The number of hydrogen-bond acceptors (Lipinski definition) is 3. The van der Waals surface area contributed by atoms with Gasteiger partial charge in [-0.1, -0.05) is 6.92 Å². The van der Waals surface area contributed by atoms with Crippen LogP contribution in [0.4, 0.5) is 14.5 Å². The van der Waals surface area contributed by atoms with Gasteiger partial charge in [0.05, 0.1) is 11.3 Å². The molecule has 0 aliphatic carbocycles. The number of benzene rings is 1. The van der Waals surface area contributed by atoms with Crippen LogP contribution in [0, 0.1) is 23.0 Å². The quantitative estimate of drug-likeness (QED) is 0.856. The van der Waals surface area contributed by atoms with Crippen LogP contribution in [-0.4, -0.2) is 31.6 Å². The van der Waals surface area contributed by atoms with E-state index in [2.05, 4.69) is 5.32 Å². The first-order valence-electron chi connectivity index (χ1n) is 5.40. The van der Waals surface area contributed by atoms with E-state index in [1.165, 1.54) is 12.1 Å². The summed E-state index contributed by atoms with van der Waals surface area (Å²) in [6, 6.07) is 4.24. The Labute approximate surface area is 99.7 Å². The number of rotatable bonds is 5. The van der Waals surface area contributed by atoms with Crippen LogP contribution < -0.4 is 5.32 Å². The lowest BCUT2D eigenvalue weighted by Crippen LogP contribution is -2.25. The highest BCUT2D eigenvalue weighted by molar-refractivity contribution is 5.49. The molecule has 0 aliphatic heterocycles. The normalized spacial score (nSPS) is 10.4. The Hall–Kier alpha value is -1.67. The molecule has 0 atom stereocenters. The molecular weight excluding hydrogens is 224 g/mol. The number of nitriles is 1. The van der Waals surface area contributed by atoms with E-state index in [4.69, 9.17) is 5.26 Å². The van der Waals surface area contributed by atoms with Gasteiger partial charge in [-0.3, -0.25) is 0 Å². The molecule has 0 aliphatic rings. The first-order chi connectivity index (χ1) is 8.10. The first-order valence-corrected chi connectivity index (χ1v) is 5.40. The Morgan fingerprint density at radius 1 is 1.35 bits per heavy atom. The molecule has 17 heavy (non-hydrogen) atoms. The number of nitrogens with zero attached hydrogens (tertiary/aromatic N) is 2. The van der Waals surface area contributed by atoms with E-state index in [1.54, 1.807) is 6.07 Å². The Morgan fingerprint density at radius 3 is 2.65 bits per heavy atom. The molecule has 0 fully saturated rings. The van der Waals surface area contributed by atoms with Gasteiger partial charge in [0.15, 0.2) is 11.6 Å². The zero-order valence-corrected chi connectivity index (χ0v) is 9.93. The monoisotopic (exact) mass is 239 g/mol. The number of nitrogens with one attached hydrogen (secondary N) is 1. The minimum atomic E-state index is -1.10.